The summed E-state index contributed by atoms with van der Waals surface area (Å²) in [5.74, 6) is 2.86. The third kappa shape index (κ3) is 9.38. The minimum Gasteiger partial charge on any atom is -0.457 e. The van der Waals surface area contributed by atoms with E-state index in [-0.39, 0.29) is 0 Å². The maximum atomic E-state index is 8.49. The lowest BCUT2D eigenvalue weighted by molar-refractivity contribution is -2.00. The van der Waals surface area contributed by atoms with Crippen molar-refractivity contribution < 1.29 is 75.4 Å². The summed E-state index contributed by atoms with van der Waals surface area (Å²) in [5, 5.41) is 0. The maximum absolute atomic E-state index is 8.49. The van der Waals surface area contributed by atoms with Crippen molar-refractivity contribution >= 4 is 46.6 Å². The fourth-order valence-corrected chi connectivity index (χ4v) is 2.66. The third-order valence-electron chi connectivity index (χ3n) is 3.73. The number of rotatable bonds is 0. The molecule has 0 spiro atoms. The largest absolute Gasteiger partial charge is 0.457 e. The van der Waals surface area contributed by atoms with Crippen LogP contribution in [0.4, 0.5) is 0 Å². The van der Waals surface area contributed by atoms with Crippen LogP contribution in [-0.2, 0) is 0 Å². The smallest absolute Gasteiger partial charge is 0.363 e. The molecule has 2 aliphatic rings. The Morgan fingerprint density at radius 3 is 1.03 bits per heavy atom. The van der Waals surface area contributed by atoms with Gasteiger partial charge in [-0.2, -0.15) is 0 Å². The molecule has 2 aliphatic heterocycles. The van der Waals surface area contributed by atoms with Crippen molar-refractivity contribution in [2.45, 2.75) is 0 Å². The molecule has 5 rings (SSSR count). The van der Waals surface area contributed by atoms with Crippen molar-refractivity contribution in [1.29, 1.82) is 0 Å². The Labute approximate surface area is 193 Å². The van der Waals surface area contributed by atoms with Crippen LogP contribution >= 0.6 is 0 Å². The summed E-state index contributed by atoms with van der Waals surface area (Å²) in [5.41, 5.74) is 2.86. The van der Waals surface area contributed by atoms with E-state index < -0.39 is 20.5 Å². The van der Waals surface area contributed by atoms with E-state index in [2.05, 4.69) is 0 Å². The lowest BCUT2D eigenvalue weighted by atomic mass is 10.3. The van der Waals surface area contributed by atoms with Gasteiger partial charge < -0.3 is 8.83 Å². The number of fused-ring (bicyclic) bond motifs is 8. The summed E-state index contributed by atoms with van der Waals surface area (Å²) in [6.45, 7) is 0. The van der Waals surface area contributed by atoms with Gasteiger partial charge in [0.2, 0.25) is 0 Å². The van der Waals surface area contributed by atoms with Gasteiger partial charge in [0.05, 0.1) is 36.4 Å². The molecule has 3 aromatic heterocycles. The molecule has 0 amide bonds. The Hall–Kier alpha value is -3.14. The van der Waals surface area contributed by atoms with Gasteiger partial charge in [0.15, 0.2) is 0 Å². The summed E-state index contributed by atoms with van der Waals surface area (Å²) in [7, 11) is -9.89. The third-order valence-corrected chi connectivity index (χ3v) is 3.73. The van der Waals surface area contributed by atoms with Crippen molar-refractivity contribution in [2.24, 2.45) is 0 Å². The van der Waals surface area contributed by atoms with Gasteiger partial charge in [-0.1, -0.05) is 0 Å². The molecule has 34 heavy (non-hydrogen) atoms. The number of furan rings is 2. The van der Waals surface area contributed by atoms with Crippen LogP contribution < -0.4 is 37.3 Å². The standard InChI is InChI=1S/C20H12O4.2ClHO4/c1-2-14-10-16-5-6-18(23-16)12-20-8-7-19(24-20)11-17-4-3-15(22-17)9-13(1)21-14;2*2-1(3,4)5/h1-12H;2*(H,2,3,4,5)/q+2;;/p-2. The van der Waals surface area contributed by atoms with E-state index in [0.717, 1.165) is 0 Å². The van der Waals surface area contributed by atoms with Crippen molar-refractivity contribution in [2.75, 3.05) is 0 Å². The van der Waals surface area contributed by atoms with Gasteiger partial charge in [0, 0.05) is 6.07 Å². The Morgan fingerprint density at radius 1 is 0.441 bits per heavy atom. The van der Waals surface area contributed by atoms with Crippen LogP contribution in [0.25, 0.3) is 46.6 Å². The fourth-order valence-electron chi connectivity index (χ4n) is 2.66. The highest BCUT2D eigenvalue weighted by atomic mass is 35.7. The average molecular weight is 515 g/mol. The summed E-state index contributed by atoms with van der Waals surface area (Å²) in [6.07, 6.45) is 7.57. The van der Waals surface area contributed by atoms with E-state index >= 15 is 0 Å². The van der Waals surface area contributed by atoms with Crippen molar-refractivity contribution in [3.05, 3.63) is 71.6 Å². The summed E-state index contributed by atoms with van der Waals surface area (Å²) in [6, 6.07) is 14.9. The van der Waals surface area contributed by atoms with Crippen molar-refractivity contribution in [3.8, 4) is 0 Å². The van der Waals surface area contributed by atoms with Gasteiger partial charge in [0.1, 0.15) is 28.4 Å². The second kappa shape index (κ2) is 10.4. The molecule has 0 N–H and O–H groups in total. The molecule has 0 saturated carbocycles. The first-order valence-corrected chi connectivity index (χ1v) is 11.3. The molecule has 12 nitrogen and oxygen atoms in total. The van der Waals surface area contributed by atoms with E-state index in [9.17, 15) is 0 Å². The van der Waals surface area contributed by atoms with Crippen molar-refractivity contribution in [1.82, 2.24) is 0 Å². The summed E-state index contributed by atoms with van der Waals surface area (Å²) in [4.78, 5) is 0. The molecule has 0 saturated heterocycles. The van der Waals surface area contributed by atoms with E-state index in [1.165, 1.54) is 0 Å². The van der Waals surface area contributed by atoms with Gasteiger partial charge >= 0.3 is 23.0 Å². The molecule has 178 valence electrons. The molecule has 0 atom stereocenters. The zero-order valence-corrected chi connectivity index (χ0v) is 18.1. The Bertz CT molecular complexity index is 1250. The van der Waals surface area contributed by atoms with E-state index in [0.29, 0.717) is 45.4 Å². The summed E-state index contributed by atoms with van der Waals surface area (Å²) >= 11 is 0. The highest BCUT2D eigenvalue weighted by Crippen LogP contribution is 2.22. The zero-order valence-electron chi connectivity index (χ0n) is 16.6. The fraction of sp³-hybridized carbons (Fsp3) is 0. The monoisotopic (exact) mass is 514 g/mol. The quantitative estimate of drug-likeness (QED) is 0.184. The first kappa shape index (κ1) is 25.5. The molecule has 8 bridgehead atoms. The normalized spacial score (nSPS) is 12.5. The van der Waals surface area contributed by atoms with Gasteiger partial charge in [0.25, 0.3) is 0 Å². The Kier molecular flexibility index (Phi) is 7.81. The molecule has 0 aliphatic carbocycles. The number of hydrogen-bond donors (Lipinski definition) is 0. The minimum absolute atomic E-state index is 0.716. The first-order valence-electron chi connectivity index (χ1n) is 8.82. The Morgan fingerprint density at radius 2 is 0.706 bits per heavy atom. The topological polar surface area (TPSA) is 233 Å². The molecule has 0 aromatic carbocycles. The van der Waals surface area contributed by atoms with Gasteiger partial charge in [-0.05, 0) is 24.3 Å². The van der Waals surface area contributed by atoms with Crippen LogP contribution in [0.3, 0.4) is 0 Å². The second-order valence-corrected chi connectivity index (χ2v) is 7.81. The van der Waals surface area contributed by atoms with Gasteiger partial charge in [-0.3, -0.25) is 0 Å². The van der Waals surface area contributed by atoms with Crippen molar-refractivity contribution in [3.63, 3.8) is 0 Å². The highest BCUT2D eigenvalue weighted by Gasteiger charge is 2.19. The number of halogens is 2. The molecule has 0 unspecified atom stereocenters. The first-order chi connectivity index (χ1) is 15.8. The highest BCUT2D eigenvalue weighted by molar-refractivity contribution is 5.74. The predicted molar refractivity (Wildman–Crippen MR) is 92.4 cm³/mol. The van der Waals surface area contributed by atoms with Gasteiger partial charge in [-0.25, -0.2) is 46.1 Å². The molecular weight excluding hydrogens is 503 g/mol. The average Bonchev–Trinajstić information content (AvgIpc) is 3.44. The predicted octanol–water partition coefficient (Wildman–Crippen LogP) is -3.37. The molecular formula is C20H12Cl2O12. The molecule has 14 heteroatoms. The zero-order chi connectivity index (χ0) is 24.9. The van der Waals surface area contributed by atoms with Crippen LogP contribution in [0.2, 0.25) is 0 Å². The lowest BCUT2D eigenvalue weighted by Crippen LogP contribution is -2.68. The molecule has 5 heterocycles. The molecule has 3 aromatic rings. The molecule has 0 radical (unpaired) electrons. The van der Waals surface area contributed by atoms with Crippen LogP contribution in [0.15, 0.2) is 66.2 Å². The van der Waals surface area contributed by atoms with E-state index in [4.69, 9.17) is 54.9 Å². The SMILES string of the molecule is C1=Cc2cc3ccc(cc4ccc(cc5[o+]c(cc1[o+]2)C=C5)o4)o3.[O-][Cl+3]([O-])([O-])[O-].[O-][Cl+3]([O-])([O-])[O-]. The maximum Gasteiger partial charge on any atom is 0.363 e. The van der Waals surface area contributed by atoms with Crippen LogP contribution in [0.5, 0.6) is 0 Å². The molecule has 0 fully saturated rings. The van der Waals surface area contributed by atoms with Crippen LogP contribution in [0, 0.1) is 20.5 Å². The lowest BCUT2D eigenvalue weighted by Gasteiger charge is -2.17. The second-order valence-electron chi connectivity index (χ2n) is 6.29. The van der Waals surface area contributed by atoms with E-state index in [1.54, 1.807) is 0 Å². The number of hydrogen-bond acceptors (Lipinski definition) is 10. The van der Waals surface area contributed by atoms with Gasteiger partial charge in [-0.15, -0.1) is 20.5 Å². The van der Waals surface area contributed by atoms with Crippen LogP contribution in [0.1, 0.15) is 23.0 Å². The minimum atomic E-state index is -4.94. The van der Waals surface area contributed by atoms with E-state index in [1.807, 2.05) is 72.8 Å². The van der Waals surface area contributed by atoms with Crippen LogP contribution in [-0.4, -0.2) is 0 Å². The summed E-state index contributed by atoms with van der Waals surface area (Å²) < 4.78 is 91.0. The Balaban J connectivity index is 0.000000277.